The van der Waals surface area contributed by atoms with Crippen LogP contribution in [0.3, 0.4) is 0 Å². The molecule has 20 heavy (non-hydrogen) atoms. The van der Waals surface area contributed by atoms with Gasteiger partial charge in [0.05, 0.1) is 19.8 Å². The highest BCUT2D eigenvalue weighted by molar-refractivity contribution is 5.69. The number of hydrogen-bond donors (Lipinski definition) is 0. The number of aromatic nitrogens is 3. The van der Waals surface area contributed by atoms with Crippen molar-refractivity contribution >= 4 is 17.9 Å². The van der Waals surface area contributed by atoms with Gasteiger partial charge in [0.15, 0.2) is 6.54 Å². The Morgan fingerprint density at radius 3 is 2.80 bits per heavy atom. The van der Waals surface area contributed by atoms with E-state index in [9.17, 15) is 14.9 Å². The Labute approximate surface area is 114 Å². The van der Waals surface area contributed by atoms with Crippen molar-refractivity contribution in [3.05, 3.63) is 10.1 Å². The van der Waals surface area contributed by atoms with Gasteiger partial charge in [0.1, 0.15) is 0 Å². The molecule has 1 saturated heterocycles. The Morgan fingerprint density at radius 2 is 2.20 bits per heavy atom. The molecule has 0 saturated carbocycles. The average Bonchev–Trinajstić information content (AvgIpc) is 2.84. The molecule has 0 aromatic carbocycles. The fourth-order valence-corrected chi connectivity index (χ4v) is 1.83. The minimum absolute atomic E-state index is 0.207. The molecule has 0 radical (unpaired) electrons. The number of hydrogen-bond acceptors (Lipinski definition) is 8. The Balaban J connectivity index is 2.22. The predicted octanol–water partition coefficient (Wildman–Crippen LogP) is -0.414. The predicted molar refractivity (Wildman–Crippen MR) is 66.3 cm³/mol. The van der Waals surface area contributed by atoms with E-state index in [2.05, 4.69) is 10.1 Å². The third kappa shape index (κ3) is 3.20. The Hall–Kier alpha value is -2.23. The number of rotatable bonds is 5. The van der Waals surface area contributed by atoms with Gasteiger partial charge in [-0.15, -0.1) is 4.68 Å². The molecule has 1 fully saturated rings. The molecule has 2 rings (SSSR count). The SMILES string of the molecule is CCOC(=O)Cn1nc([N+](=O)[O-])nc1N1CCOCC1. The molecule has 0 N–H and O–H groups in total. The van der Waals surface area contributed by atoms with Gasteiger partial charge in [-0.1, -0.05) is 0 Å². The fourth-order valence-electron chi connectivity index (χ4n) is 1.83. The number of carbonyl (C=O) groups is 1. The second kappa shape index (κ2) is 6.28. The van der Waals surface area contributed by atoms with E-state index in [1.54, 1.807) is 11.8 Å². The topological polar surface area (TPSA) is 113 Å². The summed E-state index contributed by atoms with van der Waals surface area (Å²) in [7, 11) is 0. The molecule has 0 bridgehead atoms. The van der Waals surface area contributed by atoms with E-state index >= 15 is 0 Å². The van der Waals surface area contributed by atoms with Gasteiger partial charge in [-0.25, -0.2) is 4.79 Å². The molecule has 1 aromatic rings. The number of nitro groups is 1. The Kier molecular flexibility index (Phi) is 4.45. The molecule has 0 spiro atoms. The molecule has 1 aliphatic rings. The van der Waals surface area contributed by atoms with Crippen LogP contribution in [0.2, 0.25) is 0 Å². The summed E-state index contributed by atoms with van der Waals surface area (Å²) >= 11 is 0. The van der Waals surface area contributed by atoms with Crippen molar-refractivity contribution in [2.24, 2.45) is 0 Å². The van der Waals surface area contributed by atoms with Crippen LogP contribution >= 0.6 is 0 Å². The lowest BCUT2D eigenvalue weighted by atomic mass is 10.4. The Bertz CT molecular complexity index is 496. The van der Waals surface area contributed by atoms with Crippen LogP contribution in [0.25, 0.3) is 0 Å². The molecule has 0 amide bonds. The van der Waals surface area contributed by atoms with E-state index in [-0.39, 0.29) is 19.1 Å². The van der Waals surface area contributed by atoms with E-state index in [4.69, 9.17) is 9.47 Å². The van der Waals surface area contributed by atoms with Gasteiger partial charge >= 0.3 is 17.9 Å². The number of esters is 1. The van der Waals surface area contributed by atoms with E-state index in [1.165, 1.54) is 4.68 Å². The third-order valence-corrected chi connectivity index (χ3v) is 2.68. The highest BCUT2D eigenvalue weighted by atomic mass is 16.6. The van der Waals surface area contributed by atoms with Crippen molar-refractivity contribution in [2.75, 3.05) is 37.8 Å². The quantitative estimate of drug-likeness (QED) is 0.407. The first-order chi connectivity index (χ1) is 9.61. The number of anilines is 1. The van der Waals surface area contributed by atoms with Crippen molar-refractivity contribution in [1.82, 2.24) is 14.8 Å². The van der Waals surface area contributed by atoms with E-state index in [0.717, 1.165) is 0 Å². The number of ether oxygens (including phenoxy) is 2. The highest BCUT2D eigenvalue weighted by Crippen LogP contribution is 2.17. The molecule has 2 heterocycles. The number of morpholine rings is 1. The summed E-state index contributed by atoms with van der Waals surface area (Å²) in [4.78, 5) is 27.2. The van der Waals surface area contributed by atoms with Crippen LogP contribution in [0.5, 0.6) is 0 Å². The average molecular weight is 285 g/mol. The molecule has 1 aliphatic heterocycles. The zero-order valence-electron chi connectivity index (χ0n) is 11.0. The van der Waals surface area contributed by atoms with Gasteiger partial charge in [-0.05, 0) is 16.8 Å². The second-order valence-corrected chi connectivity index (χ2v) is 4.03. The molecule has 1 aromatic heterocycles. The summed E-state index contributed by atoms with van der Waals surface area (Å²) < 4.78 is 11.2. The van der Waals surface area contributed by atoms with Crippen molar-refractivity contribution in [2.45, 2.75) is 13.5 Å². The fraction of sp³-hybridized carbons (Fsp3) is 0.700. The van der Waals surface area contributed by atoms with Gasteiger partial charge in [0.25, 0.3) is 0 Å². The maximum absolute atomic E-state index is 11.5. The summed E-state index contributed by atoms with van der Waals surface area (Å²) in [5.41, 5.74) is 0. The minimum atomic E-state index is -0.689. The standard InChI is InChI=1S/C10H15N5O5/c1-2-20-8(16)7-14-10(11-9(12-14)15(17)18)13-3-5-19-6-4-13/h2-7H2,1H3. The first-order valence-electron chi connectivity index (χ1n) is 6.19. The Morgan fingerprint density at radius 1 is 1.50 bits per heavy atom. The van der Waals surface area contributed by atoms with Crippen molar-refractivity contribution in [1.29, 1.82) is 0 Å². The third-order valence-electron chi connectivity index (χ3n) is 2.68. The number of carbonyl (C=O) groups excluding carboxylic acids is 1. The lowest BCUT2D eigenvalue weighted by Crippen LogP contribution is -2.38. The van der Waals surface area contributed by atoms with Crippen LogP contribution in [-0.2, 0) is 20.8 Å². The normalized spacial score (nSPS) is 15.2. The summed E-state index contributed by atoms with van der Waals surface area (Å²) in [6.07, 6.45) is 0. The van der Waals surface area contributed by atoms with Gasteiger partial charge in [0, 0.05) is 18.2 Å². The van der Waals surface area contributed by atoms with E-state index < -0.39 is 16.8 Å². The van der Waals surface area contributed by atoms with Crippen LogP contribution < -0.4 is 4.90 Å². The molecule has 10 nitrogen and oxygen atoms in total. The van der Waals surface area contributed by atoms with Crippen molar-refractivity contribution in [3.63, 3.8) is 0 Å². The van der Waals surface area contributed by atoms with Gasteiger partial charge in [-0.2, -0.15) is 0 Å². The minimum Gasteiger partial charge on any atom is -0.465 e. The van der Waals surface area contributed by atoms with Crippen molar-refractivity contribution < 1.29 is 19.2 Å². The zero-order chi connectivity index (χ0) is 14.5. The lowest BCUT2D eigenvalue weighted by Gasteiger charge is -2.25. The van der Waals surface area contributed by atoms with Gasteiger partial charge in [-0.3, -0.25) is 0 Å². The van der Waals surface area contributed by atoms with E-state index in [1.807, 2.05) is 0 Å². The summed E-state index contributed by atoms with van der Waals surface area (Å²) in [6.45, 7) is 3.80. The first kappa shape index (κ1) is 14.2. The van der Waals surface area contributed by atoms with Crippen molar-refractivity contribution in [3.8, 4) is 0 Å². The second-order valence-electron chi connectivity index (χ2n) is 4.03. The summed E-state index contributed by atoms with van der Waals surface area (Å²) in [6, 6.07) is 0. The molecule has 10 heteroatoms. The summed E-state index contributed by atoms with van der Waals surface area (Å²) in [5.74, 6) is -0.759. The monoisotopic (exact) mass is 285 g/mol. The van der Waals surface area contributed by atoms with Crippen LogP contribution in [0.15, 0.2) is 0 Å². The molecule has 0 atom stereocenters. The van der Waals surface area contributed by atoms with Gasteiger partial charge in [0.2, 0.25) is 0 Å². The maximum atomic E-state index is 11.5. The summed E-state index contributed by atoms with van der Waals surface area (Å²) in [5, 5.41) is 14.5. The largest absolute Gasteiger partial charge is 0.493 e. The molecule has 0 aliphatic carbocycles. The zero-order valence-corrected chi connectivity index (χ0v) is 11.0. The van der Waals surface area contributed by atoms with Crippen LogP contribution in [0.1, 0.15) is 6.92 Å². The molecular formula is C10H15N5O5. The van der Waals surface area contributed by atoms with Crippen LogP contribution in [-0.4, -0.2) is 58.6 Å². The van der Waals surface area contributed by atoms with Gasteiger partial charge < -0.3 is 24.5 Å². The molecule has 110 valence electrons. The smallest absolute Gasteiger partial charge is 0.465 e. The number of nitrogens with zero attached hydrogens (tertiary/aromatic N) is 5. The first-order valence-corrected chi connectivity index (χ1v) is 6.19. The molecular weight excluding hydrogens is 270 g/mol. The lowest BCUT2D eigenvalue weighted by molar-refractivity contribution is -0.394. The van der Waals surface area contributed by atoms with Crippen LogP contribution in [0.4, 0.5) is 11.9 Å². The highest BCUT2D eigenvalue weighted by Gasteiger charge is 2.28. The maximum Gasteiger partial charge on any atom is 0.493 e. The molecule has 0 unspecified atom stereocenters. The van der Waals surface area contributed by atoms with Crippen LogP contribution in [0, 0.1) is 10.1 Å². The van der Waals surface area contributed by atoms with E-state index in [0.29, 0.717) is 26.3 Å².